The van der Waals surface area contributed by atoms with Crippen molar-refractivity contribution in [3.8, 4) is 17.3 Å². The molecule has 52 heavy (non-hydrogen) atoms. The third-order valence-corrected chi connectivity index (χ3v) is 8.87. The van der Waals surface area contributed by atoms with Crippen LogP contribution in [0.1, 0.15) is 40.1 Å². The second-order valence-electron chi connectivity index (χ2n) is 11.4. The fraction of sp³-hybridized carbons (Fsp3) is 0.257. The molecule has 2 atom stereocenters. The lowest BCUT2D eigenvalue weighted by molar-refractivity contribution is -0.143. The van der Waals surface area contributed by atoms with Crippen LogP contribution in [0.5, 0.6) is 0 Å². The van der Waals surface area contributed by atoms with Crippen molar-refractivity contribution >= 4 is 53.7 Å². The van der Waals surface area contributed by atoms with Crippen molar-refractivity contribution in [3.63, 3.8) is 0 Å². The van der Waals surface area contributed by atoms with E-state index in [0.717, 1.165) is 29.3 Å². The van der Waals surface area contributed by atoms with Crippen molar-refractivity contribution in [2.75, 3.05) is 32.1 Å². The van der Waals surface area contributed by atoms with Crippen LogP contribution >= 0.6 is 23.7 Å². The van der Waals surface area contributed by atoms with Gasteiger partial charge in [0.25, 0.3) is 6.34 Å². The van der Waals surface area contributed by atoms with E-state index < -0.39 is 35.2 Å². The number of likely N-dealkylation sites (N-methyl/N-ethyl adjacent to an activating group) is 1. The smallest absolute Gasteiger partial charge is 0.412 e. The summed E-state index contributed by atoms with van der Waals surface area (Å²) >= 11 is 1.24. The number of aliphatic hydroxyl groups is 1. The summed E-state index contributed by atoms with van der Waals surface area (Å²) in [5, 5.41) is 34.4. The van der Waals surface area contributed by atoms with Crippen molar-refractivity contribution in [1.29, 1.82) is 5.26 Å². The molecular weight excluding hydrogens is 739 g/mol. The quantitative estimate of drug-likeness (QED) is 0.173. The van der Waals surface area contributed by atoms with Gasteiger partial charge < -0.3 is 32.3 Å². The fourth-order valence-corrected chi connectivity index (χ4v) is 6.11. The lowest BCUT2D eigenvalue weighted by Gasteiger charge is -2.33. The van der Waals surface area contributed by atoms with Gasteiger partial charge in [0, 0.05) is 33.1 Å². The molecule has 1 amide bonds. The first kappa shape index (κ1) is 41.4. The molecule has 1 aliphatic heterocycles. The van der Waals surface area contributed by atoms with Crippen molar-refractivity contribution in [1.82, 2.24) is 20.3 Å². The number of hydrazone groups is 1. The first-order valence-electron chi connectivity index (χ1n) is 15.3. The molecule has 0 unspecified atom stereocenters. The lowest BCUT2D eigenvalue weighted by Crippen LogP contribution is -3.00. The van der Waals surface area contributed by atoms with Crippen LogP contribution in [0.3, 0.4) is 0 Å². The number of nitriles is 1. The van der Waals surface area contributed by atoms with Gasteiger partial charge in [-0.1, -0.05) is 41.7 Å². The van der Waals surface area contributed by atoms with Crippen molar-refractivity contribution < 1.29 is 45.4 Å². The van der Waals surface area contributed by atoms with E-state index in [4.69, 9.17) is 14.7 Å². The Bertz CT molecular complexity index is 1990. The Morgan fingerprint density at radius 3 is 2.58 bits per heavy atom. The van der Waals surface area contributed by atoms with E-state index in [-0.39, 0.29) is 62.5 Å². The number of nitrogens with one attached hydrogen (secondary N) is 2. The number of nitrogens with zero attached hydrogens (tertiary/aromatic N) is 5. The maximum atomic E-state index is 15.2. The van der Waals surface area contributed by atoms with Gasteiger partial charge >= 0.3 is 17.9 Å². The highest BCUT2D eigenvalue weighted by atomic mass is 35.5. The molecule has 0 saturated carbocycles. The average Bonchev–Trinajstić information content (AvgIpc) is 3.78. The predicted octanol–water partition coefficient (Wildman–Crippen LogP) is 2.19. The molecule has 0 spiro atoms. The molecule has 4 aromatic rings. The molecule has 1 aliphatic rings. The van der Waals surface area contributed by atoms with Crippen LogP contribution in [0.4, 0.5) is 19.3 Å². The molecule has 5 rings (SSSR count). The number of ether oxygens (including phenoxy) is 2. The summed E-state index contributed by atoms with van der Waals surface area (Å²) in [5.74, 6) is -2.79. The number of aromatic nitrogens is 1. The van der Waals surface area contributed by atoms with Crippen LogP contribution in [0.15, 0.2) is 71.1 Å². The first-order valence-corrected chi connectivity index (χ1v) is 16.2. The minimum Gasteiger partial charge on any atom is -1.00 e. The summed E-state index contributed by atoms with van der Waals surface area (Å²) in [7, 11) is 1.62. The van der Waals surface area contributed by atoms with Gasteiger partial charge in [-0.05, 0) is 50.4 Å². The molecule has 0 bridgehead atoms. The standard InChI is InChI=1S/C35H33F2N7O5S.2ClH/c1-21-4-11-29(25(12-21)16-48-32(45)15-39-3)42-34(46)49-17-31-40-20-44(43-31)19-35(47,27-13-26(36)9-10-28(27)37)22(2)33-41-30(18-50-33)24-7-5-23(14-38)6-8-24;;/h4-13,18,20,22,39,47H,15-17,19H2,1-3H3,(H,42,46);2*1H/q+1;;/p-1/t22-,35+;;/m0../s1. The van der Waals surface area contributed by atoms with Crippen molar-refractivity contribution in [2.45, 2.75) is 32.0 Å². The number of amidine groups is 1. The van der Waals surface area contributed by atoms with Crippen LogP contribution in [0.25, 0.3) is 11.3 Å². The van der Waals surface area contributed by atoms with E-state index in [9.17, 15) is 19.1 Å². The number of esters is 1. The van der Waals surface area contributed by atoms with E-state index in [0.29, 0.717) is 27.5 Å². The summed E-state index contributed by atoms with van der Waals surface area (Å²) in [5.41, 5.74) is 1.34. The van der Waals surface area contributed by atoms with E-state index >= 15 is 4.39 Å². The predicted molar refractivity (Wildman–Crippen MR) is 190 cm³/mol. The molecule has 2 heterocycles. The maximum Gasteiger partial charge on any atom is 0.412 e. The number of hydrogen-bond donors (Lipinski definition) is 3. The lowest BCUT2D eigenvalue weighted by atomic mass is 9.81. The number of thiazole rings is 1. The van der Waals surface area contributed by atoms with Crippen molar-refractivity contribution in [2.24, 2.45) is 5.10 Å². The SMILES string of the molecule is CNCC(=O)OCc1cc(C)ccc1NC(=O)OCC1=NN(C[C@](O)(c2cc(F)ccc2F)[C@@H](C)c2nc(-c3ccc(C#N)cc3)cs2)C=[N+]1.Cl.[Cl-]. The molecule has 0 aliphatic carbocycles. The van der Waals surface area contributed by atoms with E-state index in [1.807, 2.05) is 6.92 Å². The zero-order valence-corrected chi connectivity index (χ0v) is 30.5. The number of aryl methyl sites for hydroxylation is 1. The largest absolute Gasteiger partial charge is 1.00 e. The molecule has 3 N–H and O–H groups in total. The molecule has 17 heteroatoms. The van der Waals surface area contributed by atoms with Crippen molar-refractivity contribution in [3.05, 3.63) is 105 Å². The van der Waals surface area contributed by atoms with Gasteiger partial charge in [-0.3, -0.25) is 10.1 Å². The van der Waals surface area contributed by atoms with Gasteiger partial charge in [-0.25, -0.2) is 18.6 Å². The van der Waals surface area contributed by atoms with E-state index in [1.54, 1.807) is 61.8 Å². The van der Waals surface area contributed by atoms with Gasteiger partial charge in [0.1, 0.15) is 30.4 Å². The van der Waals surface area contributed by atoms with Gasteiger partial charge in [0.2, 0.25) is 0 Å². The highest BCUT2D eigenvalue weighted by Crippen LogP contribution is 2.41. The number of carbonyl (C=O) groups excluding carboxylic acids is 2. The Morgan fingerprint density at radius 2 is 1.87 bits per heavy atom. The monoisotopic (exact) mass is 772 g/mol. The molecule has 3 aromatic carbocycles. The Morgan fingerprint density at radius 1 is 1.12 bits per heavy atom. The average molecular weight is 774 g/mol. The Hall–Kier alpha value is -4.98. The minimum absolute atomic E-state index is 0. The first-order chi connectivity index (χ1) is 24.0. The number of amides is 1. The third-order valence-electron chi connectivity index (χ3n) is 7.84. The van der Waals surface area contributed by atoms with E-state index in [2.05, 4.69) is 31.8 Å². The second-order valence-corrected chi connectivity index (χ2v) is 12.3. The molecule has 0 saturated heterocycles. The minimum atomic E-state index is -2.05. The Labute approximate surface area is 315 Å². The maximum absolute atomic E-state index is 15.2. The molecule has 12 nitrogen and oxygen atoms in total. The third kappa shape index (κ3) is 10.1. The molecule has 1 aromatic heterocycles. The van der Waals surface area contributed by atoms with Gasteiger partial charge in [0.05, 0.1) is 34.6 Å². The summed E-state index contributed by atoms with van der Waals surface area (Å²) in [6, 6.07) is 17.0. The fourth-order valence-electron chi connectivity index (χ4n) is 5.14. The second kappa shape index (κ2) is 18.5. The van der Waals surface area contributed by atoms with Crippen LogP contribution in [-0.4, -0.2) is 66.1 Å². The Balaban J connectivity index is 0.00000364. The van der Waals surface area contributed by atoms with Gasteiger partial charge in [0.15, 0.2) is 6.61 Å². The van der Waals surface area contributed by atoms with Crippen LogP contribution in [-0.2, 0) is 26.5 Å². The summed E-state index contributed by atoms with van der Waals surface area (Å²) < 4.78 is 40.2. The molecular formula is C35H34Cl2F2N7O5S. The van der Waals surface area contributed by atoms with Crippen LogP contribution in [0.2, 0.25) is 0 Å². The summed E-state index contributed by atoms with van der Waals surface area (Å²) in [4.78, 5) is 33.3. The number of β-amino-alcohol motifs (C(OH)–C–C–N with tert-alkyl or cyclic N) is 1. The highest BCUT2D eigenvalue weighted by Gasteiger charge is 2.45. The molecule has 273 valence electrons. The number of benzene rings is 3. The normalized spacial score (nSPS) is 13.5. The number of anilines is 1. The van der Waals surface area contributed by atoms with E-state index in [1.165, 1.54) is 22.7 Å². The van der Waals surface area contributed by atoms with Gasteiger partial charge in [-0.15, -0.1) is 28.8 Å². The number of halogens is 4. The number of hydrogen-bond acceptors (Lipinski definition) is 12. The number of carbonyl (C=O) groups is 2. The number of aliphatic imine (C=N–C) groups is 1. The van der Waals surface area contributed by atoms with Crippen LogP contribution < -0.4 is 28.0 Å². The molecule has 1 radical (unpaired) electrons. The zero-order chi connectivity index (χ0) is 35.8. The Kier molecular flexibility index (Phi) is 14.7. The summed E-state index contributed by atoms with van der Waals surface area (Å²) in [6.45, 7) is 2.79. The number of rotatable bonds is 13. The van der Waals surface area contributed by atoms with Gasteiger partial charge in [-0.2, -0.15) is 5.26 Å². The highest BCUT2D eigenvalue weighted by molar-refractivity contribution is 7.10. The van der Waals surface area contributed by atoms with Crippen LogP contribution in [0, 0.1) is 29.9 Å². The molecule has 0 fully saturated rings. The topological polar surface area (TPSA) is 163 Å². The summed E-state index contributed by atoms with van der Waals surface area (Å²) in [6.07, 6.45) is 0.467. The zero-order valence-electron chi connectivity index (χ0n) is 28.1.